The van der Waals surface area contributed by atoms with E-state index < -0.39 is 0 Å². The van der Waals surface area contributed by atoms with E-state index >= 15 is 0 Å². The maximum Gasteiger partial charge on any atom is 0.119 e. The molecule has 1 aliphatic heterocycles. The first kappa shape index (κ1) is 13.4. The number of rotatable bonds is 3. The number of nitrogens with one attached hydrogen (secondary N) is 1. The first-order valence-electron chi connectivity index (χ1n) is 6.59. The summed E-state index contributed by atoms with van der Waals surface area (Å²) in [6.07, 6.45) is 0.357. The largest absolute Gasteiger partial charge is 0.491 e. The third kappa shape index (κ3) is 3.47. The summed E-state index contributed by atoms with van der Waals surface area (Å²) >= 11 is 0. The predicted molar refractivity (Wildman–Crippen MR) is 73.0 cm³/mol. The Kier molecular flexibility index (Phi) is 3.93. The first-order valence-corrected chi connectivity index (χ1v) is 6.59. The van der Waals surface area contributed by atoms with E-state index in [4.69, 9.17) is 9.47 Å². The molecular formula is C15H23NO2. The lowest BCUT2D eigenvalue weighted by Gasteiger charge is -2.36. The quantitative estimate of drug-likeness (QED) is 0.893. The number of benzene rings is 1. The number of hydrogen-bond acceptors (Lipinski definition) is 3. The molecule has 0 aliphatic carbocycles. The molecule has 1 heterocycles. The maximum atomic E-state index is 5.90. The van der Waals surface area contributed by atoms with Crippen LogP contribution in [0.5, 0.6) is 5.75 Å². The van der Waals surface area contributed by atoms with Gasteiger partial charge in [0.05, 0.1) is 18.8 Å². The van der Waals surface area contributed by atoms with Gasteiger partial charge in [-0.25, -0.2) is 0 Å². The smallest absolute Gasteiger partial charge is 0.119 e. The Morgan fingerprint density at radius 3 is 2.44 bits per heavy atom. The van der Waals surface area contributed by atoms with Crippen LogP contribution in [-0.2, 0) is 4.74 Å². The van der Waals surface area contributed by atoms with Crippen molar-refractivity contribution in [1.82, 2.24) is 5.32 Å². The second-order valence-corrected chi connectivity index (χ2v) is 5.80. The first-order chi connectivity index (χ1) is 8.46. The molecule has 1 aromatic rings. The number of ether oxygens (including phenoxy) is 2. The highest BCUT2D eigenvalue weighted by atomic mass is 16.5. The molecule has 0 aromatic heterocycles. The summed E-state index contributed by atoms with van der Waals surface area (Å²) in [7, 11) is 0. The Bertz CT molecular complexity index is 374. The van der Waals surface area contributed by atoms with Crippen LogP contribution < -0.4 is 10.1 Å². The van der Waals surface area contributed by atoms with Crippen LogP contribution >= 0.6 is 0 Å². The topological polar surface area (TPSA) is 30.5 Å². The zero-order valence-corrected chi connectivity index (χ0v) is 11.7. The normalized spacial score (nSPS) is 23.1. The molecule has 0 radical (unpaired) electrons. The van der Waals surface area contributed by atoms with Gasteiger partial charge in [0.25, 0.3) is 0 Å². The minimum atomic E-state index is 0.0806. The van der Waals surface area contributed by atoms with Gasteiger partial charge in [0.15, 0.2) is 0 Å². The lowest BCUT2D eigenvalue weighted by molar-refractivity contribution is -0.0229. The Morgan fingerprint density at radius 2 is 1.94 bits per heavy atom. The van der Waals surface area contributed by atoms with Crippen molar-refractivity contribution in [3.63, 3.8) is 0 Å². The van der Waals surface area contributed by atoms with Crippen molar-refractivity contribution in [2.45, 2.75) is 45.4 Å². The van der Waals surface area contributed by atoms with E-state index in [1.807, 2.05) is 26.0 Å². The molecule has 3 nitrogen and oxygen atoms in total. The van der Waals surface area contributed by atoms with Crippen molar-refractivity contribution in [3.8, 4) is 5.75 Å². The minimum Gasteiger partial charge on any atom is -0.491 e. The fraction of sp³-hybridized carbons (Fsp3) is 0.600. The van der Waals surface area contributed by atoms with Gasteiger partial charge in [-0.15, -0.1) is 0 Å². The molecule has 3 heteroatoms. The SMILES string of the molecule is CC(C)Oc1ccc(C2CNC(C)(C)CO2)cc1. The molecule has 1 atom stereocenters. The molecule has 1 aliphatic rings. The van der Waals surface area contributed by atoms with Gasteiger partial charge in [-0.1, -0.05) is 12.1 Å². The van der Waals surface area contributed by atoms with E-state index in [-0.39, 0.29) is 17.7 Å². The van der Waals surface area contributed by atoms with Gasteiger partial charge >= 0.3 is 0 Å². The second-order valence-electron chi connectivity index (χ2n) is 5.80. The summed E-state index contributed by atoms with van der Waals surface area (Å²) < 4.78 is 11.5. The Labute approximate surface area is 109 Å². The lowest BCUT2D eigenvalue weighted by Crippen LogP contribution is -2.50. The van der Waals surface area contributed by atoms with E-state index in [0.29, 0.717) is 0 Å². The summed E-state index contributed by atoms with van der Waals surface area (Å²) in [5.74, 6) is 0.915. The highest BCUT2D eigenvalue weighted by Crippen LogP contribution is 2.25. The van der Waals surface area contributed by atoms with Crippen molar-refractivity contribution in [2.24, 2.45) is 0 Å². The molecule has 1 aromatic carbocycles. The fourth-order valence-electron chi connectivity index (χ4n) is 2.04. The third-order valence-electron chi connectivity index (χ3n) is 3.04. The lowest BCUT2D eigenvalue weighted by atomic mass is 10.0. The summed E-state index contributed by atoms with van der Waals surface area (Å²) in [6, 6.07) is 8.20. The molecule has 0 spiro atoms. The van der Waals surface area contributed by atoms with Crippen LogP contribution in [0.1, 0.15) is 39.4 Å². The summed E-state index contributed by atoms with van der Waals surface area (Å²) in [5.41, 5.74) is 1.28. The summed E-state index contributed by atoms with van der Waals surface area (Å²) in [4.78, 5) is 0. The van der Waals surface area contributed by atoms with E-state index in [1.54, 1.807) is 0 Å². The van der Waals surface area contributed by atoms with Gasteiger partial charge in [-0.05, 0) is 45.4 Å². The van der Waals surface area contributed by atoms with E-state index in [2.05, 4.69) is 31.3 Å². The average molecular weight is 249 g/mol. The van der Waals surface area contributed by atoms with Crippen molar-refractivity contribution in [2.75, 3.05) is 13.2 Å². The van der Waals surface area contributed by atoms with Crippen LogP contribution in [0.15, 0.2) is 24.3 Å². The minimum absolute atomic E-state index is 0.0806. The molecule has 100 valence electrons. The Hall–Kier alpha value is -1.06. The molecule has 18 heavy (non-hydrogen) atoms. The van der Waals surface area contributed by atoms with Crippen LogP contribution in [0.4, 0.5) is 0 Å². The molecule has 1 fully saturated rings. The van der Waals surface area contributed by atoms with Gasteiger partial charge in [-0.3, -0.25) is 0 Å². The highest BCUT2D eigenvalue weighted by Gasteiger charge is 2.27. The summed E-state index contributed by atoms with van der Waals surface area (Å²) in [5, 5.41) is 3.50. The zero-order chi connectivity index (χ0) is 13.2. The van der Waals surface area contributed by atoms with E-state index in [1.165, 1.54) is 5.56 Å². The maximum absolute atomic E-state index is 5.90. The van der Waals surface area contributed by atoms with Gasteiger partial charge < -0.3 is 14.8 Å². The molecular weight excluding hydrogens is 226 g/mol. The van der Waals surface area contributed by atoms with Gasteiger partial charge in [0, 0.05) is 12.1 Å². The fourth-order valence-corrected chi connectivity index (χ4v) is 2.04. The Balaban J connectivity index is 1.98. The van der Waals surface area contributed by atoms with Gasteiger partial charge in [0.2, 0.25) is 0 Å². The molecule has 1 unspecified atom stereocenters. The van der Waals surface area contributed by atoms with Crippen LogP contribution in [-0.4, -0.2) is 24.8 Å². The molecule has 1 saturated heterocycles. The highest BCUT2D eigenvalue weighted by molar-refractivity contribution is 5.29. The van der Waals surface area contributed by atoms with Crippen LogP contribution in [0.3, 0.4) is 0 Å². The predicted octanol–water partition coefficient (Wildman–Crippen LogP) is 2.91. The van der Waals surface area contributed by atoms with Crippen molar-refractivity contribution in [1.29, 1.82) is 0 Å². The van der Waals surface area contributed by atoms with Gasteiger partial charge in [-0.2, -0.15) is 0 Å². The Morgan fingerprint density at radius 1 is 1.28 bits per heavy atom. The molecule has 0 bridgehead atoms. The van der Waals surface area contributed by atoms with Crippen LogP contribution in [0, 0.1) is 0 Å². The second kappa shape index (κ2) is 5.29. The van der Waals surface area contributed by atoms with Crippen molar-refractivity contribution < 1.29 is 9.47 Å². The summed E-state index contributed by atoms with van der Waals surface area (Å²) in [6.45, 7) is 9.97. The molecule has 1 N–H and O–H groups in total. The molecule has 0 amide bonds. The molecule has 0 saturated carbocycles. The van der Waals surface area contributed by atoms with Crippen LogP contribution in [0.25, 0.3) is 0 Å². The van der Waals surface area contributed by atoms with Crippen molar-refractivity contribution >= 4 is 0 Å². The average Bonchev–Trinajstić information content (AvgIpc) is 2.30. The van der Waals surface area contributed by atoms with Crippen molar-refractivity contribution in [3.05, 3.63) is 29.8 Å². The third-order valence-corrected chi connectivity index (χ3v) is 3.04. The standard InChI is InChI=1S/C15H23NO2/c1-11(2)18-13-7-5-12(6-8-13)14-9-16-15(3,4)10-17-14/h5-8,11,14,16H,9-10H2,1-4H3. The van der Waals surface area contributed by atoms with E-state index in [0.717, 1.165) is 18.9 Å². The number of morpholine rings is 1. The zero-order valence-electron chi connectivity index (χ0n) is 11.7. The molecule has 2 rings (SSSR count). The van der Waals surface area contributed by atoms with Gasteiger partial charge in [0.1, 0.15) is 5.75 Å². The van der Waals surface area contributed by atoms with Crippen LogP contribution in [0.2, 0.25) is 0 Å². The van der Waals surface area contributed by atoms with E-state index in [9.17, 15) is 0 Å². The monoisotopic (exact) mass is 249 g/mol. The number of hydrogen-bond donors (Lipinski definition) is 1.